The second kappa shape index (κ2) is 8.04. The zero-order valence-corrected chi connectivity index (χ0v) is 15.8. The van der Waals surface area contributed by atoms with Crippen LogP contribution in [0.15, 0.2) is 36.4 Å². The van der Waals surface area contributed by atoms with Crippen LogP contribution in [0.2, 0.25) is 0 Å². The molecule has 0 atom stereocenters. The van der Waals surface area contributed by atoms with Crippen molar-refractivity contribution in [2.75, 3.05) is 56.1 Å². The second-order valence-corrected chi connectivity index (χ2v) is 7.47. The molecule has 1 aromatic heterocycles. The third-order valence-electron chi connectivity index (χ3n) is 5.49. The van der Waals surface area contributed by atoms with Crippen LogP contribution in [0.4, 0.5) is 11.6 Å². The first kappa shape index (κ1) is 17.3. The molecule has 0 radical (unpaired) electrons. The lowest BCUT2D eigenvalue weighted by Gasteiger charge is -2.34. The molecular weight excluding hydrogens is 322 g/mol. The summed E-state index contributed by atoms with van der Waals surface area (Å²) in [5, 5.41) is 0. The molecule has 2 aromatic rings. The number of hydrogen-bond donors (Lipinski definition) is 0. The van der Waals surface area contributed by atoms with Gasteiger partial charge in [0.2, 0.25) is 0 Å². The molecule has 26 heavy (non-hydrogen) atoms. The van der Waals surface area contributed by atoms with Gasteiger partial charge in [0, 0.05) is 50.9 Å². The zero-order chi connectivity index (χ0) is 17.8. The van der Waals surface area contributed by atoms with Crippen molar-refractivity contribution in [1.82, 2.24) is 14.9 Å². The standard InChI is InChI=1S/C21H29N5/c1-24-13-15-26(16-14-24)20-17-19(25-11-7-2-3-8-12-25)22-21(23-20)18-9-5-4-6-10-18/h4-6,9-10,17H,2-3,7-8,11-16H2,1H3. The Morgan fingerprint density at radius 1 is 0.692 bits per heavy atom. The lowest BCUT2D eigenvalue weighted by Crippen LogP contribution is -2.45. The molecule has 0 spiro atoms. The van der Waals surface area contributed by atoms with Gasteiger partial charge in [-0.15, -0.1) is 0 Å². The van der Waals surface area contributed by atoms with Crippen LogP contribution in [-0.2, 0) is 0 Å². The van der Waals surface area contributed by atoms with Crippen molar-refractivity contribution in [3.05, 3.63) is 36.4 Å². The maximum Gasteiger partial charge on any atom is 0.163 e. The Kier molecular flexibility index (Phi) is 5.34. The molecule has 1 aromatic carbocycles. The largest absolute Gasteiger partial charge is 0.356 e. The van der Waals surface area contributed by atoms with Crippen LogP contribution in [0.5, 0.6) is 0 Å². The molecule has 2 aliphatic heterocycles. The first-order valence-corrected chi connectivity index (χ1v) is 9.92. The monoisotopic (exact) mass is 351 g/mol. The van der Waals surface area contributed by atoms with Crippen molar-refractivity contribution >= 4 is 11.6 Å². The van der Waals surface area contributed by atoms with Gasteiger partial charge in [-0.1, -0.05) is 43.2 Å². The van der Waals surface area contributed by atoms with E-state index in [0.717, 1.165) is 62.3 Å². The predicted octanol–water partition coefficient (Wildman–Crippen LogP) is 3.28. The van der Waals surface area contributed by atoms with E-state index >= 15 is 0 Å². The van der Waals surface area contributed by atoms with Crippen LogP contribution in [0.3, 0.4) is 0 Å². The van der Waals surface area contributed by atoms with Crippen LogP contribution in [0.25, 0.3) is 11.4 Å². The Bertz CT molecular complexity index is 702. The highest BCUT2D eigenvalue weighted by Crippen LogP contribution is 2.26. The Hall–Kier alpha value is -2.14. The zero-order valence-electron chi connectivity index (χ0n) is 15.8. The highest BCUT2D eigenvalue weighted by molar-refractivity contribution is 5.62. The summed E-state index contributed by atoms with van der Waals surface area (Å²) < 4.78 is 0. The number of anilines is 2. The van der Waals surface area contributed by atoms with Gasteiger partial charge >= 0.3 is 0 Å². The second-order valence-electron chi connectivity index (χ2n) is 7.47. The minimum Gasteiger partial charge on any atom is -0.356 e. The van der Waals surface area contributed by atoms with Crippen molar-refractivity contribution < 1.29 is 0 Å². The lowest BCUT2D eigenvalue weighted by molar-refractivity contribution is 0.312. The van der Waals surface area contributed by atoms with Crippen molar-refractivity contribution in [3.63, 3.8) is 0 Å². The third kappa shape index (κ3) is 3.98. The fourth-order valence-electron chi connectivity index (χ4n) is 3.80. The Morgan fingerprint density at radius 2 is 1.27 bits per heavy atom. The van der Waals surface area contributed by atoms with Crippen molar-refractivity contribution in [1.29, 1.82) is 0 Å². The molecule has 2 saturated heterocycles. The van der Waals surface area contributed by atoms with E-state index in [1.165, 1.54) is 25.7 Å². The van der Waals surface area contributed by atoms with Crippen LogP contribution >= 0.6 is 0 Å². The Morgan fingerprint density at radius 3 is 1.88 bits per heavy atom. The molecule has 3 heterocycles. The molecule has 5 heteroatoms. The SMILES string of the molecule is CN1CCN(c2cc(N3CCCCCC3)nc(-c3ccccc3)n2)CC1. The molecular formula is C21H29N5. The van der Waals surface area contributed by atoms with Gasteiger partial charge in [-0.05, 0) is 19.9 Å². The Balaban J connectivity index is 1.69. The maximum absolute atomic E-state index is 4.96. The first-order valence-electron chi connectivity index (χ1n) is 9.92. The van der Waals surface area contributed by atoms with Gasteiger partial charge in [-0.2, -0.15) is 0 Å². The molecule has 2 fully saturated rings. The predicted molar refractivity (Wildman–Crippen MR) is 108 cm³/mol. The lowest BCUT2D eigenvalue weighted by atomic mass is 10.2. The van der Waals surface area contributed by atoms with E-state index in [4.69, 9.17) is 9.97 Å². The average Bonchev–Trinajstić information content (AvgIpc) is 2.98. The Labute approximate surface area is 156 Å². The number of hydrogen-bond acceptors (Lipinski definition) is 5. The molecule has 0 amide bonds. The number of piperazine rings is 1. The fraction of sp³-hybridized carbons (Fsp3) is 0.524. The molecule has 0 N–H and O–H groups in total. The normalized spacial score (nSPS) is 19.4. The van der Waals surface area contributed by atoms with Crippen LogP contribution in [0, 0.1) is 0 Å². The fourth-order valence-corrected chi connectivity index (χ4v) is 3.80. The smallest absolute Gasteiger partial charge is 0.163 e. The summed E-state index contributed by atoms with van der Waals surface area (Å²) >= 11 is 0. The van der Waals surface area contributed by atoms with Gasteiger partial charge in [0.15, 0.2) is 5.82 Å². The van der Waals surface area contributed by atoms with Gasteiger partial charge in [-0.25, -0.2) is 9.97 Å². The average molecular weight is 351 g/mol. The van der Waals surface area contributed by atoms with E-state index in [1.54, 1.807) is 0 Å². The van der Waals surface area contributed by atoms with Crippen molar-refractivity contribution in [2.24, 2.45) is 0 Å². The van der Waals surface area contributed by atoms with E-state index in [1.807, 2.05) is 6.07 Å². The molecule has 2 aliphatic rings. The summed E-state index contributed by atoms with van der Waals surface area (Å²) in [5.41, 5.74) is 1.10. The summed E-state index contributed by atoms with van der Waals surface area (Å²) in [6, 6.07) is 12.6. The first-order chi connectivity index (χ1) is 12.8. The molecule has 0 unspecified atom stereocenters. The molecule has 0 aliphatic carbocycles. The molecule has 0 bridgehead atoms. The highest BCUT2D eigenvalue weighted by Gasteiger charge is 2.20. The van der Waals surface area contributed by atoms with E-state index in [-0.39, 0.29) is 0 Å². The number of benzene rings is 1. The number of rotatable bonds is 3. The quantitative estimate of drug-likeness (QED) is 0.848. The van der Waals surface area contributed by atoms with Crippen LogP contribution < -0.4 is 9.80 Å². The van der Waals surface area contributed by atoms with E-state index in [0.29, 0.717) is 0 Å². The minimum atomic E-state index is 0.848. The number of nitrogens with zero attached hydrogens (tertiary/aromatic N) is 5. The summed E-state index contributed by atoms with van der Waals surface area (Å²) in [6.07, 6.45) is 5.18. The molecule has 4 rings (SSSR count). The van der Waals surface area contributed by atoms with Gasteiger partial charge < -0.3 is 14.7 Å². The number of aromatic nitrogens is 2. The van der Waals surface area contributed by atoms with E-state index < -0.39 is 0 Å². The molecule has 138 valence electrons. The van der Waals surface area contributed by atoms with Crippen molar-refractivity contribution in [2.45, 2.75) is 25.7 Å². The third-order valence-corrected chi connectivity index (χ3v) is 5.49. The van der Waals surface area contributed by atoms with Gasteiger partial charge in [0.05, 0.1) is 0 Å². The van der Waals surface area contributed by atoms with Gasteiger partial charge in [0.25, 0.3) is 0 Å². The van der Waals surface area contributed by atoms with Gasteiger partial charge in [-0.3, -0.25) is 0 Å². The number of likely N-dealkylation sites (N-methyl/N-ethyl adjacent to an activating group) is 1. The summed E-state index contributed by atoms with van der Waals surface area (Å²) in [5.74, 6) is 3.02. The maximum atomic E-state index is 4.96. The van der Waals surface area contributed by atoms with Crippen LogP contribution in [0.1, 0.15) is 25.7 Å². The van der Waals surface area contributed by atoms with Crippen LogP contribution in [-0.4, -0.2) is 61.2 Å². The van der Waals surface area contributed by atoms with E-state index in [2.05, 4.69) is 52.1 Å². The van der Waals surface area contributed by atoms with Gasteiger partial charge in [0.1, 0.15) is 11.6 Å². The highest BCUT2D eigenvalue weighted by atomic mass is 15.3. The summed E-state index contributed by atoms with van der Waals surface area (Å²) in [6.45, 7) is 6.44. The summed E-state index contributed by atoms with van der Waals surface area (Å²) in [7, 11) is 2.19. The molecule has 5 nitrogen and oxygen atoms in total. The van der Waals surface area contributed by atoms with Crippen molar-refractivity contribution in [3.8, 4) is 11.4 Å². The summed E-state index contributed by atoms with van der Waals surface area (Å²) in [4.78, 5) is 17.1. The van der Waals surface area contributed by atoms with E-state index in [9.17, 15) is 0 Å². The molecule has 0 saturated carbocycles. The topological polar surface area (TPSA) is 35.5 Å². The minimum absolute atomic E-state index is 0.848.